The molecule has 1 saturated carbocycles. The first-order valence-electron chi connectivity index (χ1n) is 9.92. The predicted octanol–water partition coefficient (Wildman–Crippen LogP) is 3.73. The second-order valence-corrected chi connectivity index (χ2v) is 7.73. The van der Waals surface area contributed by atoms with E-state index in [2.05, 4.69) is 25.7 Å². The molecule has 2 aliphatic rings. The molecule has 0 spiro atoms. The van der Waals surface area contributed by atoms with E-state index in [1.165, 1.54) is 6.07 Å². The number of nitrogens with zero attached hydrogens (tertiary/aromatic N) is 4. The molecule has 2 aromatic rings. The third kappa shape index (κ3) is 4.35. The summed E-state index contributed by atoms with van der Waals surface area (Å²) in [6.45, 7) is 1.25. The maximum atomic E-state index is 12.7. The molecule has 0 bridgehead atoms. The molecule has 1 unspecified atom stereocenters. The Morgan fingerprint density at radius 2 is 1.93 bits per heavy atom. The van der Waals surface area contributed by atoms with Gasteiger partial charge in [0.2, 0.25) is 5.91 Å². The van der Waals surface area contributed by atoms with Crippen molar-refractivity contribution < 1.29 is 18.0 Å². The molecule has 2 fully saturated rings. The molecule has 1 atom stereocenters. The largest absolute Gasteiger partial charge is 0.435 e. The molecule has 10 heteroatoms. The summed E-state index contributed by atoms with van der Waals surface area (Å²) in [5.74, 6) is 0.572. The van der Waals surface area contributed by atoms with Crippen molar-refractivity contribution in [1.82, 2.24) is 20.4 Å². The number of amides is 1. The number of rotatable bonds is 4. The Kier molecular flexibility index (Phi) is 5.42. The summed E-state index contributed by atoms with van der Waals surface area (Å²) in [6, 6.07) is 2.31. The molecule has 1 aliphatic heterocycles. The highest BCUT2D eigenvalue weighted by Crippen LogP contribution is 2.34. The molecule has 1 aliphatic carbocycles. The summed E-state index contributed by atoms with van der Waals surface area (Å²) < 4.78 is 38.1. The molecule has 3 heterocycles. The van der Waals surface area contributed by atoms with Crippen LogP contribution in [0.25, 0.3) is 0 Å². The summed E-state index contributed by atoms with van der Waals surface area (Å²) in [4.78, 5) is 14.4. The van der Waals surface area contributed by atoms with Crippen LogP contribution in [0.4, 0.5) is 24.7 Å². The molecule has 156 valence electrons. The number of halogens is 3. The second-order valence-electron chi connectivity index (χ2n) is 7.73. The van der Waals surface area contributed by atoms with Gasteiger partial charge < -0.3 is 10.2 Å². The van der Waals surface area contributed by atoms with E-state index >= 15 is 0 Å². The molecular formula is C19H23F3N6O. The third-order valence-corrected chi connectivity index (χ3v) is 5.75. The summed E-state index contributed by atoms with van der Waals surface area (Å²) in [5, 5.41) is 17.2. The highest BCUT2D eigenvalue weighted by molar-refractivity contribution is 5.93. The maximum absolute atomic E-state index is 12.7. The van der Waals surface area contributed by atoms with Gasteiger partial charge in [0, 0.05) is 24.9 Å². The monoisotopic (exact) mass is 408 g/mol. The molecule has 2 aromatic heterocycles. The van der Waals surface area contributed by atoms with E-state index in [0.29, 0.717) is 24.6 Å². The van der Waals surface area contributed by atoms with Crippen LogP contribution in [-0.4, -0.2) is 39.4 Å². The zero-order chi connectivity index (χ0) is 20.4. The number of carbonyl (C=O) groups is 1. The average Bonchev–Trinajstić information content (AvgIpc) is 3.40. The van der Waals surface area contributed by atoms with Crippen molar-refractivity contribution in [2.75, 3.05) is 23.3 Å². The van der Waals surface area contributed by atoms with Crippen LogP contribution in [0.3, 0.4) is 0 Å². The lowest BCUT2D eigenvalue weighted by molar-refractivity contribution is -0.141. The van der Waals surface area contributed by atoms with Crippen LogP contribution >= 0.6 is 0 Å². The minimum Gasteiger partial charge on any atom is -0.354 e. The Hall–Kier alpha value is -2.65. The molecule has 1 amide bonds. The quantitative estimate of drug-likeness (QED) is 0.805. The zero-order valence-electron chi connectivity index (χ0n) is 15.9. The van der Waals surface area contributed by atoms with Gasteiger partial charge in [0.05, 0.1) is 17.6 Å². The van der Waals surface area contributed by atoms with Gasteiger partial charge in [-0.15, -0.1) is 10.2 Å². The van der Waals surface area contributed by atoms with E-state index < -0.39 is 11.9 Å². The topological polar surface area (TPSA) is 86.8 Å². The summed E-state index contributed by atoms with van der Waals surface area (Å²) in [7, 11) is 0. The van der Waals surface area contributed by atoms with Crippen molar-refractivity contribution >= 4 is 17.4 Å². The number of hydrogen-bond donors (Lipinski definition) is 2. The van der Waals surface area contributed by atoms with Crippen LogP contribution in [-0.2, 0) is 11.0 Å². The Bertz CT molecular complexity index is 844. The van der Waals surface area contributed by atoms with Crippen LogP contribution < -0.4 is 10.2 Å². The Morgan fingerprint density at radius 1 is 1.14 bits per heavy atom. The molecule has 29 heavy (non-hydrogen) atoms. The van der Waals surface area contributed by atoms with Crippen LogP contribution in [0.1, 0.15) is 55.8 Å². The van der Waals surface area contributed by atoms with Crippen LogP contribution in [0.5, 0.6) is 0 Å². The van der Waals surface area contributed by atoms with Crippen molar-refractivity contribution in [3.8, 4) is 0 Å². The summed E-state index contributed by atoms with van der Waals surface area (Å²) >= 11 is 0. The molecule has 2 N–H and O–H groups in total. The fraction of sp³-hybridized carbons (Fsp3) is 0.579. The standard InChI is InChI=1S/C19H23F3N6O/c20-19(21,22)15-7-8-16(26-25-15)28-9-3-6-13(11-28)17-14(10-23-27-17)24-18(29)12-4-1-2-5-12/h7-8,10,12-13H,1-6,9,11H2,(H,23,27)(H,24,29). The van der Waals surface area contributed by atoms with Gasteiger partial charge >= 0.3 is 6.18 Å². The van der Waals surface area contributed by atoms with E-state index in [9.17, 15) is 18.0 Å². The number of aromatic amines is 1. The number of carbonyl (C=O) groups excluding carboxylic acids is 1. The third-order valence-electron chi connectivity index (χ3n) is 5.75. The van der Waals surface area contributed by atoms with Crippen molar-refractivity contribution in [3.05, 3.63) is 29.7 Å². The van der Waals surface area contributed by atoms with E-state index in [1.807, 2.05) is 4.90 Å². The van der Waals surface area contributed by atoms with Crippen LogP contribution in [0.2, 0.25) is 0 Å². The van der Waals surface area contributed by atoms with Gasteiger partial charge in [0.1, 0.15) is 0 Å². The van der Waals surface area contributed by atoms with E-state index in [-0.39, 0.29) is 17.7 Å². The minimum absolute atomic E-state index is 0.0337. The summed E-state index contributed by atoms with van der Waals surface area (Å²) in [6.07, 6.45) is 2.87. The van der Waals surface area contributed by atoms with Gasteiger partial charge in [0.25, 0.3) is 0 Å². The van der Waals surface area contributed by atoms with Gasteiger partial charge in [-0.1, -0.05) is 12.8 Å². The van der Waals surface area contributed by atoms with Gasteiger partial charge in [-0.3, -0.25) is 9.89 Å². The lowest BCUT2D eigenvalue weighted by Gasteiger charge is -2.33. The van der Waals surface area contributed by atoms with Crippen molar-refractivity contribution in [1.29, 1.82) is 0 Å². The molecule has 0 aromatic carbocycles. The number of nitrogens with one attached hydrogen (secondary N) is 2. The van der Waals surface area contributed by atoms with Crippen LogP contribution in [0.15, 0.2) is 18.3 Å². The molecular weight excluding hydrogens is 385 g/mol. The number of alkyl halides is 3. The van der Waals surface area contributed by atoms with Gasteiger partial charge in [-0.25, -0.2) is 0 Å². The lowest BCUT2D eigenvalue weighted by Crippen LogP contribution is -2.35. The Labute approximate surface area is 166 Å². The first kappa shape index (κ1) is 19.7. The van der Waals surface area contributed by atoms with Crippen molar-refractivity contribution in [2.45, 2.75) is 50.6 Å². The number of anilines is 2. The number of hydrogen-bond acceptors (Lipinski definition) is 5. The van der Waals surface area contributed by atoms with E-state index in [0.717, 1.165) is 50.3 Å². The van der Waals surface area contributed by atoms with E-state index in [1.54, 1.807) is 6.20 Å². The number of aromatic nitrogens is 4. The van der Waals surface area contributed by atoms with Crippen molar-refractivity contribution in [2.24, 2.45) is 5.92 Å². The van der Waals surface area contributed by atoms with Crippen molar-refractivity contribution in [3.63, 3.8) is 0 Å². The predicted molar refractivity (Wildman–Crippen MR) is 100 cm³/mol. The molecule has 4 rings (SSSR count). The zero-order valence-corrected chi connectivity index (χ0v) is 15.9. The highest BCUT2D eigenvalue weighted by Gasteiger charge is 2.33. The lowest BCUT2D eigenvalue weighted by atomic mass is 9.94. The fourth-order valence-corrected chi connectivity index (χ4v) is 4.20. The fourth-order valence-electron chi connectivity index (χ4n) is 4.20. The van der Waals surface area contributed by atoms with E-state index in [4.69, 9.17) is 0 Å². The molecule has 0 radical (unpaired) electrons. The average molecular weight is 408 g/mol. The highest BCUT2D eigenvalue weighted by atomic mass is 19.4. The Balaban J connectivity index is 1.45. The Morgan fingerprint density at radius 3 is 2.62 bits per heavy atom. The minimum atomic E-state index is -4.50. The number of H-pyrrole nitrogens is 1. The first-order valence-corrected chi connectivity index (χ1v) is 9.92. The SMILES string of the molecule is O=C(Nc1cn[nH]c1C1CCCN(c2ccc(C(F)(F)F)nn2)C1)C1CCCC1. The van der Waals surface area contributed by atoms with Gasteiger partial charge in [-0.2, -0.15) is 18.3 Å². The second kappa shape index (κ2) is 8.00. The number of piperidine rings is 1. The van der Waals surface area contributed by atoms with Gasteiger partial charge in [-0.05, 0) is 37.8 Å². The smallest absolute Gasteiger partial charge is 0.354 e. The molecule has 7 nitrogen and oxygen atoms in total. The maximum Gasteiger partial charge on any atom is 0.435 e. The summed E-state index contributed by atoms with van der Waals surface area (Å²) in [5.41, 5.74) is 0.536. The normalized spacial score (nSPS) is 20.8. The van der Waals surface area contributed by atoms with Gasteiger partial charge in [0.15, 0.2) is 11.5 Å². The molecule has 1 saturated heterocycles. The van der Waals surface area contributed by atoms with Crippen LogP contribution in [0, 0.1) is 5.92 Å². The first-order chi connectivity index (χ1) is 13.9.